The van der Waals surface area contributed by atoms with Crippen molar-refractivity contribution in [1.82, 2.24) is 4.98 Å². The molecule has 2 aromatic rings. The third-order valence-electron chi connectivity index (χ3n) is 4.15. The van der Waals surface area contributed by atoms with E-state index in [0.717, 1.165) is 0 Å². The van der Waals surface area contributed by atoms with E-state index in [4.69, 9.17) is 4.42 Å². The lowest BCUT2D eigenvalue weighted by Gasteiger charge is -2.29. The Morgan fingerprint density at radius 3 is 2.81 bits per heavy atom. The van der Waals surface area contributed by atoms with Crippen molar-refractivity contribution >= 4 is 17.0 Å². The van der Waals surface area contributed by atoms with Crippen molar-refractivity contribution in [1.29, 1.82) is 5.26 Å². The lowest BCUT2D eigenvalue weighted by atomic mass is 9.76. The minimum Gasteiger partial charge on any atom is -0.505 e. The van der Waals surface area contributed by atoms with Gasteiger partial charge in [0.1, 0.15) is 17.4 Å². The van der Waals surface area contributed by atoms with E-state index >= 15 is 0 Å². The van der Waals surface area contributed by atoms with E-state index in [9.17, 15) is 20.0 Å². The summed E-state index contributed by atoms with van der Waals surface area (Å²) >= 11 is 0. The smallest absolute Gasteiger partial charge is 0.363 e. The van der Waals surface area contributed by atoms with Crippen LogP contribution in [0.15, 0.2) is 39.8 Å². The highest BCUT2D eigenvalue weighted by Gasteiger charge is 2.36. The quantitative estimate of drug-likeness (QED) is 0.817. The fraction of sp³-hybridized carbons (Fsp3) is 0.263. The molecule has 2 aromatic heterocycles. The molecule has 0 unspecified atom stereocenters. The molecule has 2 heterocycles. The third kappa shape index (κ3) is 3.22. The molecular formula is C19H17N3O4. The van der Waals surface area contributed by atoms with Crippen LogP contribution in [0.25, 0.3) is 5.57 Å². The van der Waals surface area contributed by atoms with Gasteiger partial charge >= 0.3 is 5.63 Å². The molecule has 0 fully saturated rings. The van der Waals surface area contributed by atoms with Gasteiger partial charge in [0, 0.05) is 25.2 Å². The molecule has 0 atom stereocenters. The summed E-state index contributed by atoms with van der Waals surface area (Å²) in [5, 5.41) is 22.3. The monoisotopic (exact) mass is 351 g/mol. The lowest BCUT2D eigenvalue weighted by Crippen LogP contribution is -2.28. The number of carbonyl (C=O) groups excluding carboxylic acids is 1. The predicted octanol–water partition coefficient (Wildman–Crippen LogP) is 2.87. The van der Waals surface area contributed by atoms with Gasteiger partial charge in [0.05, 0.1) is 11.3 Å². The second-order valence-corrected chi connectivity index (χ2v) is 6.88. The molecule has 26 heavy (non-hydrogen) atoms. The predicted molar refractivity (Wildman–Crippen MR) is 94.5 cm³/mol. The number of ketones is 1. The van der Waals surface area contributed by atoms with E-state index in [2.05, 4.69) is 10.3 Å². The Labute approximate surface area is 149 Å². The maximum Gasteiger partial charge on any atom is 0.363 e. The zero-order valence-electron chi connectivity index (χ0n) is 14.4. The molecule has 2 N–H and O–H groups in total. The largest absolute Gasteiger partial charge is 0.505 e. The summed E-state index contributed by atoms with van der Waals surface area (Å²) in [5.41, 5.74) is -0.830. The first-order chi connectivity index (χ1) is 12.3. The molecule has 0 spiro atoms. The molecule has 1 aliphatic carbocycles. The van der Waals surface area contributed by atoms with Gasteiger partial charge in [-0.1, -0.05) is 19.9 Å². The van der Waals surface area contributed by atoms with Gasteiger partial charge in [0.25, 0.3) is 0 Å². The fourth-order valence-electron chi connectivity index (χ4n) is 2.96. The topological polar surface area (TPSA) is 116 Å². The minimum atomic E-state index is -0.804. The van der Waals surface area contributed by atoms with Crippen molar-refractivity contribution in [2.24, 2.45) is 5.41 Å². The Balaban J connectivity index is 2.01. The highest BCUT2D eigenvalue weighted by atomic mass is 16.4. The second-order valence-electron chi connectivity index (χ2n) is 6.88. The molecule has 0 bridgehead atoms. The first-order valence-electron chi connectivity index (χ1n) is 8.03. The number of nitriles is 1. The molecular weight excluding hydrogens is 334 g/mol. The first-order valence-corrected chi connectivity index (χ1v) is 8.03. The number of aromatic hydroxyl groups is 1. The van der Waals surface area contributed by atoms with E-state index in [1.807, 2.05) is 19.9 Å². The van der Waals surface area contributed by atoms with Crippen LogP contribution in [-0.4, -0.2) is 15.9 Å². The van der Waals surface area contributed by atoms with Gasteiger partial charge in [-0.25, -0.2) is 4.79 Å². The van der Waals surface area contributed by atoms with E-state index in [1.165, 1.54) is 12.4 Å². The van der Waals surface area contributed by atoms with Gasteiger partial charge in [0.2, 0.25) is 0 Å². The Morgan fingerprint density at radius 2 is 2.15 bits per heavy atom. The van der Waals surface area contributed by atoms with Crippen LogP contribution in [0, 0.1) is 16.7 Å². The summed E-state index contributed by atoms with van der Waals surface area (Å²) in [7, 11) is 0. The van der Waals surface area contributed by atoms with E-state index in [1.54, 1.807) is 18.2 Å². The van der Waals surface area contributed by atoms with Crippen LogP contribution >= 0.6 is 0 Å². The van der Waals surface area contributed by atoms with Gasteiger partial charge in [0.15, 0.2) is 17.2 Å². The van der Waals surface area contributed by atoms with Crippen LogP contribution in [0.3, 0.4) is 0 Å². The lowest BCUT2D eigenvalue weighted by molar-refractivity contribution is 0.0893. The first kappa shape index (κ1) is 17.4. The normalized spacial score (nSPS) is 15.9. The number of hydrogen-bond donors (Lipinski definition) is 2. The molecule has 0 saturated heterocycles. The average molecular weight is 351 g/mol. The van der Waals surface area contributed by atoms with Crippen molar-refractivity contribution in [2.75, 3.05) is 5.32 Å². The zero-order chi connectivity index (χ0) is 18.9. The molecule has 0 amide bonds. The number of nitrogens with one attached hydrogen (secondary N) is 1. The van der Waals surface area contributed by atoms with Crippen molar-refractivity contribution in [3.05, 3.63) is 58.0 Å². The van der Waals surface area contributed by atoms with Crippen molar-refractivity contribution in [3.63, 3.8) is 0 Å². The summed E-state index contributed by atoms with van der Waals surface area (Å²) in [6.45, 7) is 3.79. The van der Waals surface area contributed by atoms with E-state index < -0.39 is 11.4 Å². The number of nitrogens with zero attached hydrogens (tertiary/aromatic N) is 2. The number of fused-ring (bicyclic) bond motifs is 1. The molecule has 1 aliphatic rings. The summed E-state index contributed by atoms with van der Waals surface area (Å²) in [5.74, 6) is -0.547. The molecule has 3 rings (SSSR count). The number of carbonyl (C=O) groups is 1. The van der Waals surface area contributed by atoms with E-state index in [-0.39, 0.29) is 40.2 Å². The maximum atomic E-state index is 12.4. The van der Waals surface area contributed by atoms with Crippen LogP contribution in [0.1, 0.15) is 42.1 Å². The Morgan fingerprint density at radius 1 is 1.38 bits per heavy atom. The van der Waals surface area contributed by atoms with Crippen molar-refractivity contribution in [3.8, 4) is 11.8 Å². The number of rotatable bonds is 3. The number of pyridine rings is 1. The van der Waals surface area contributed by atoms with Gasteiger partial charge < -0.3 is 14.8 Å². The van der Waals surface area contributed by atoms with Gasteiger partial charge in [-0.2, -0.15) is 5.26 Å². The molecule has 7 heteroatoms. The van der Waals surface area contributed by atoms with Crippen LogP contribution < -0.4 is 10.9 Å². The highest BCUT2D eigenvalue weighted by molar-refractivity contribution is 6.02. The van der Waals surface area contributed by atoms with E-state index in [0.29, 0.717) is 12.1 Å². The Bertz CT molecular complexity index is 998. The molecule has 0 aromatic carbocycles. The van der Waals surface area contributed by atoms with Gasteiger partial charge in [-0.3, -0.25) is 9.78 Å². The number of hydrogen-bond acceptors (Lipinski definition) is 7. The van der Waals surface area contributed by atoms with Crippen molar-refractivity contribution < 1.29 is 14.3 Å². The SMILES string of the molecule is CC1(C)CC(=O)c2c(oc(=O)c(N/C=C(\C#N)c3ccccn3)c2O)C1. The van der Waals surface area contributed by atoms with Crippen LogP contribution in [0.4, 0.5) is 5.69 Å². The highest BCUT2D eigenvalue weighted by Crippen LogP contribution is 2.39. The van der Waals surface area contributed by atoms with Gasteiger partial charge in [-0.05, 0) is 17.5 Å². The second kappa shape index (κ2) is 6.48. The minimum absolute atomic E-state index is 0.0242. The summed E-state index contributed by atoms with van der Waals surface area (Å²) in [4.78, 5) is 28.7. The van der Waals surface area contributed by atoms with Crippen LogP contribution in [0.2, 0.25) is 0 Å². The average Bonchev–Trinajstić information content (AvgIpc) is 2.57. The summed E-state index contributed by atoms with van der Waals surface area (Å²) in [6, 6.07) is 7.03. The third-order valence-corrected chi connectivity index (χ3v) is 4.15. The molecule has 132 valence electrons. The molecule has 7 nitrogen and oxygen atoms in total. The molecule has 0 aliphatic heterocycles. The number of Topliss-reactive ketones (excluding diaryl/α,β-unsaturated/α-hetero) is 1. The zero-order valence-corrected chi connectivity index (χ0v) is 14.4. The number of allylic oxidation sites excluding steroid dienone is 1. The fourth-order valence-corrected chi connectivity index (χ4v) is 2.96. The number of aromatic nitrogens is 1. The van der Waals surface area contributed by atoms with Crippen LogP contribution in [0.5, 0.6) is 5.75 Å². The van der Waals surface area contributed by atoms with Crippen LogP contribution in [-0.2, 0) is 6.42 Å². The standard InChI is InChI=1S/C19H17N3O4/c1-19(2)7-13(23)15-14(8-19)26-18(25)16(17(15)24)22-10-11(9-20)12-5-3-4-6-21-12/h3-6,10,22,24H,7-8H2,1-2H3/b11-10+. The molecule has 0 radical (unpaired) electrons. The Hall–Kier alpha value is -3.40. The Kier molecular flexibility index (Phi) is 4.34. The van der Waals surface area contributed by atoms with Gasteiger partial charge in [-0.15, -0.1) is 0 Å². The van der Waals surface area contributed by atoms with Crippen molar-refractivity contribution in [2.45, 2.75) is 26.7 Å². The molecule has 0 saturated carbocycles. The maximum absolute atomic E-state index is 12.4. The summed E-state index contributed by atoms with van der Waals surface area (Å²) < 4.78 is 5.26. The summed E-state index contributed by atoms with van der Waals surface area (Å²) in [6.07, 6.45) is 3.40. The number of anilines is 1.